The fourth-order valence-corrected chi connectivity index (χ4v) is 2.46. The Kier molecular flexibility index (Phi) is 3.58. The minimum absolute atomic E-state index is 0.536. The first-order valence-corrected chi connectivity index (χ1v) is 7.21. The van der Waals surface area contributed by atoms with Crippen LogP contribution >= 0.6 is 12.2 Å². The van der Waals surface area contributed by atoms with E-state index in [2.05, 4.69) is 46.5 Å². The van der Waals surface area contributed by atoms with Crippen molar-refractivity contribution in [2.45, 2.75) is 13.3 Å². The van der Waals surface area contributed by atoms with Crippen molar-refractivity contribution in [1.82, 2.24) is 14.9 Å². The van der Waals surface area contributed by atoms with Crippen molar-refractivity contribution in [2.75, 3.05) is 5.43 Å². The Morgan fingerprint density at radius 2 is 2.05 bits per heavy atom. The molecule has 0 radical (unpaired) electrons. The normalized spacial score (nSPS) is 10.7. The molecular weight excluding hydrogens is 280 g/mol. The number of nitrogens with one attached hydrogen (secondary N) is 2. The van der Waals surface area contributed by atoms with Crippen LogP contribution < -0.4 is 5.43 Å². The van der Waals surface area contributed by atoms with Crippen LogP contribution in [0, 0.1) is 4.77 Å². The van der Waals surface area contributed by atoms with Crippen molar-refractivity contribution < 1.29 is 0 Å². The van der Waals surface area contributed by atoms with E-state index in [1.165, 1.54) is 10.8 Å². The summed E-state index contributed by atoms with van der Waals surface area (Å²) in [6, 6.07) is 14.5. The van der Waals surface area contributed by atoms with Crippen LogP contribution in [-0.4, -0.2) is 14.9 Å². The van der Waals surface area contributed by atoms with E-state index in [0.717, 1.165) is 23.5 Å². The lowest BCUT2D eigenvalue weighted by Gasteiger charge is -2.12. The van der Waals surface area contributed by atoms with Crippen LogP contribution in [0.1, 0.15) is 18.3 Å². The summed E-state index contributed by atoms with van der Waals surface area (Å²) in [5, 5.41) is 9.36. The molecule has 106 valence electrons. The van der Waals surface area contributed by atoms with E-state index in [1.807, 2.05) is 25.1 Å². The summed E-state index contributed by atoms with van der Waals surface area (Å²) in [5.41, 5.74) is 5.03. The van der Waals surface area contributed by atoms with Crippen molar-refractivity contribution in [1.29, 1.82) is 0 Å². The molecule has 0 aliphatic heterocycles. The summed E-state index contributed by atoms with van der Waals surface area (Å²) < 4.78 is 2.29. The van der Waals surface area contributed by atoms with Gasteiger partial charge in [-0.25, -0.2) is 4.68 Å². The van der Waals surface area contributed by atoms with E-state index >= 15 is 0 Å². The second-order valence-electron chi connectivity index (χ2n) is 4.79. The van der Waals surface area contributed by atoms with E-state index in [4.69, 9.17) is 12.2 Å². The highest BCUT2D eigenvalue weighted by Crippen LogP contribution is 2.19. The van der Waals surface area contributed by atoms with Gasteiger partial charge in [0.25, 0.3) is 0 Å². The van der Waals surface area contributed by atoms with Gasteiger partial charge in [-0.3, -0.25) is 10.5 Å². The zero-order valence-electron chi connectivity index (χ0n) is 11.8. The second kappa shape index (κ2) is 5.54. The van der Waals surface area contributed by atoms with Gasteiger partial charge in [-0.05, 0) is 34.6 Å². The number of hydrogen-bond donors (Lipinski definition) is 2. The lowest BCUT2D eigenvalue weighted by molar-refractivity contribution is 0.831. The number of aromatic nitrogens is 3. The smallest absolute Gasteiger partial charge is 0.214 e. The summed E-state index contributed by atoms with van der Waals surface area (Å²) in [5.74, 6) is 0.849. The largest absolute Gasteiger partial charge is 0.291 e. The molecule has 1 heterocycles. The molecule has 2 aromatic carbocycles. The summed E-state index contributed by atoms with van der Waals surface area (Å²) >= 11 is 5.23. The zero-order chi connectivity index (χ0) is 14.8. The minimum Gasteiger partial charge on any atom is -0.291 e. The maximum absolute atomic E-state index is 5.23. The first kappa shape index (κ1) is 13.6. The molecule has 0 saturated heterocycles. The molecule has 0 aliphatic carbocycles. The van der Waals surface area contributed by atoms with Crippen molar-refractivity contribution in [2.24, 2.45) is 0 Å². The molecule has 3 aromatic rings. The molecule has 0 bridgehead atoms. The first-order valence-electron chi connectivity index (χ1n) is 6.80. The summed E-state index contributed by atoms with van der Waals surface area (Å²) in [4.78, 5) is 0. The number of aryl methyl sites for hydroxylation is 1. The lowest BCUT2D eigenvalue weighted by atomic mass is 10.1. The summed E-state index contributed by atoms with van der Waals surface area (Å²) in [6.45, 7) is 6.13. The van der Waals surface area contributed by atoms with Gasteiger partial charge in [0, 0.05) is 6.42 Å². The average Bonchev–Trinajstić information content (AvgIpc) is 2.87. The molecular formula is C16H16N4S. The van der Waals surface area contributed by atoms with Gasteiger partial charge in [0.2, 0.25) is 4.77 Å². The lowest BCUT2D eigenvalue weighted by Crippen LogP contribution is -2.16. The van der Waals surface area contributed by atoms with Gasteiger partial charge < -0.3 is 0 Å². The number of hydrogen-bond acceptors (Lipinski definition) is 3. The molecule has 5 heteroatoms. The van der Waals surface area contributed by atoms with Gasteiger partial charge in [0.05, 0.1) is 5.70 Å². The topological polar surface area (TPSA) is 45.6 Å². The quantitative estimate of drug-likeness (QED) is 0.718. The molecule has 0 atom stereocenters. The maximum Gasteiger partial charge on any atom is 0.214 e. The molecule has 0 amide bonds. The van der Waals surface area contributed by atoms with Crippen LogP contribution in [-0.2, 0) is 6.42 Å². The minimum atomic E-state index is 0.536. The molecule has 0 spiro atoms. The Morgan fingerprint density at radius 3 is 2.81 bits per heavy atom. The standard InChI is InChI=1S/C16H16N4S/c1-3-15-17-18-16(21)20(15)19-11(2)13-9-8-12-6-4-5-7-14(12)10-13/h4-10,19H,2-3H2,1H3,(H,18,21). The van der Waals surface area contributed by atoms with Gasteiger partial charge in [0.15, 0.2) is 5.82 Å². The Labute approximate surface area is 128 Å². The maximum atomic E-state index is 5.23. The van der Waals surface area contributed by atoms with Crippen LogP contribution in [0.3, 0.4) is 0 Å². The van der Waals surface area contributed by atoms with Gasteiger partial charge in [0.1, 0.15) is 0 Å². The highest BCUT2D eigenvalue weighted by molar-refractivity contribution is 7.71. The van der Waals surface area contributed by atoms with E-state index in [1.54, 1.807) is 4.68 Å². The van der Waals surface area contributed by atoms with Crippen LogP contribution in [0.15, 0.2) is 49.0 Å². The molecule has 2 N–H and O–H groups in total. The van der Waals surface area contributed by atoms with Crippen LogP contribution in [0.5, 0.6) is 0 Å². The number of nitrogens with zero attached hydrogens (tertiary/aromatic N) is 2. The molecule has 0 saturated carbocycles. The van der Waals surface area contributed by atoms with E-state index in [9.17, 15) is 0 Å². The third kappa shape index (κ3) is 2.60. The predicted octanol–water partition coefficient (Wildman–Crippen LogP) is 3.87. The van der Waals surface area contributed by atoms with Crippen molar-refractivity contribution in [3.63, 3.8) is 0 Å². The SMILES string of the molecule is C=C(Nn1c(CC)n[nH]c1=S)c1ccc2ccccc2c1. The Bertz CT molecular complexity index is 860. The van der Waals surface area contributed by atoms with Crippen molar-refractivity contribution in [3.8, 4) is 0 Å². The molecule has 1 aromatic heterocycles. The average molecular weight is 296 g/mol. The fraction of sp³-hybridized carbons (Fsp3) is 0.125. The molecule has 0 unspecified atom stereocenters. The zero-order valence-corrected chi connectivity index (χ0v) is 12.6. The van der Waals surface area contributed by atoms with Crippen molar-refractivity contribution in [3.05, 3.63) is 65.2 Å². The number of benzene rings is 2. The first-order chi connectivity index (χ1) is 10.2. The molecule has 0 fully saturated rings. The van der Waals surface area contributed by atoms with Crippen LogP contribution in [0.2, 0.25) is 0 Å². The van der Waals surface area contributed by atoms with Crippen LogP contribution in [0.25, 0.3) is 16.5 Å². The monoisotopic (exact) mass is 296 g/mol. The van der Waals surface area contributed by atoms with Gasteiger partial charge in [-0.2, -0.15) is 5.10 Å². The third-order valence-corrected chi connectivity index (χ3v) is 3.68. The number of fused-ring (bicyclic) bond motifs is 1. The molecule has 0 aliphatic rings. The van der Waals surface area contributed by atoms with Gasteiger partial charge in [-0.15, -0.1) is 0 Å². The number of rotatable bonds is 4. The van der Waals surface area contributed by atoms with Crippen LogP contribution in [0.4, 0.5) is 0 Å². The highest BCUT2D eigenvalue weighted by atomic mass is 32.1. The van der Waals surface area contributed by atoms with Gasteiger partial charge in [-0.1, -0.05) is 49.9 Å². The summed E-state index contributed by atoms with van der Waals surface area (Å²) in [7, 11) is 0. The van der Waals surface area contributed by atoms with E-state index < -0.39 is 0 Å². The molecule has 4 nitrogen and oxygen atoms in total. The van der Waals surface area contributed by atoms with Gasteiger partial charge >= 0.3 is 0 Å². The van der Waals surface area contributed by atoms with Crippen molar-refractivity contribution >= 4 is 28.7 Å². The van der Waals surface area contributed by atoms with E-state index in [0.29, 0.717) is 4.77 Å². The number of aromatic amines is 1. The second-order valence-corrected chi connectivity index (χ2v) is 5.17. The third-order valence-electron chi connectivity index (χ3n) is 3.40. The Balaban J connectivity index is 1.93. The molecule has 3 rings (SSSR count). The molecule has 21 heavy (non-hydrogen) atoms. The Hall–Kier alpha value is -2.40. The predicted molar refractivity (Wildman–Crippen MR) is 89.1 cm³/mol. The van der Waals surface area contributed by atoms with E-state index in [-0.39, 0.29) is 0 Å². The fourth-order valence-electron chi connectivity index (χ4n) is 2.26. The Morgan fingerprint density at radius 1 is 1.29 bits per heavy atom. The highest BCUT2D eigenvalue weighted by Gasteiger charge is 2.06. The number of H-pyrrole nitrogens is 1. The summed E-state index contributed by atoms with van der Waals surface area (Å²) in [6.07, 6.45) is 0.783.